The fourth-order valence-electron chi connectivity index (χ4n) is 1.56. The summed E-state index contributed by atoms with van der Waals surface area (Å²) >= 11 is 3.30. The number of phenols is 1. The lowest BCUT2D eigenvalue weighted by Gasteiger charge is -2.16. The Labute approximate surface area is 98.4 Å². The number of nitrogens with two attached hydrogens (primary N) is 1. The molecule has 0 saturated carbocycles. The Bertz CT molecular complexity index is 342. The zero-order valence-electron chi connectivity index (χ0n) is 8.96. The first-order valence-corrected chi connectivity index (χ1v) is 5.66. The van der Waals surface area contributed by atoms with Crippen molar-refractivity contribution in [3.05, 3.63) is 22.2 Å². The van der Waals surface area contributed by atoms with E-state index in [2.05, 4.69) is 22.9 Å². The average molecular weight is 274 g/mol. The van der Waals surface area contributed by atoms with Gasteiger partial charge in [-0.2, -0.15) is 0 Å². The van der Waals surface area contributed by atoms with Crippen LogP contribution in [0.25, 0.3) is 0 Å². The standard InChI is InChI=1S/C11H16BrNO2/c1-7(5-6-13)8-3-4-9(14)10(12)11(8)15-2/h3-4,7,14H,5-6,13H2,1-2H3. The number of benzene rings is 1. The van der Waals surface area contributed by atoms with Crippen LogP contribution in [0.1, 0.15) is 24.8 Å². The van der Waals surface area contributed by atoms with E-state index in [0.29, 0.717) is 22.7 Å². The maximum atomic E-state index is 9.52. The highest BCUT2D eigenvalue weighted by Gasteiger charge is 2.15. The number of ether oxygens (including phenoxy) is 1. The highest BCUT2D eigenvalue weighted by Crippen LogP contribution is 2.40. The van der Waals surface area contributed by atoms with Gasteiger partial charge in [0.2, 0.25) is 0 Å². The largest absolute Gasteiger partial charge is 0.507 e. The molecule has 0 radical (unpaired) electrons. The molecule has 0 aromatic heterocycles. The third-order valence-electron chi connectivity index (χ3n) is 2.44. The van der Waals surface area contributed by atoms with Gasteiger partial charge in [-0.25, -0.2) is 0 Å². The summed E-state index contributed by atoms with van der Waals surface area (Å²) in [5.74, 6) is 1.20. The summed E-state index contributed by atoms with van der Waals surface area (Å²) in [5.41, 5.74) is 6.59. The van der Waals surface area contributed by atoms with Crippen molar-refractivity contribution >= 4 is 15.9 Å². The number of phenolic OH excluding ortho intramolecular Hbond substituents is 1. The van der Waals surface area contributed by atoms with Gasteiger partial charge in [0.25, 0.3) is 0 Å². The van der Waals surface area contributed by atoms with Gasteiger partial charge in [-0.05, 0) is 46.4 Å². The van der Waals surface area contributed by atoms with Crippen LogP contribution in [-0.2, 0) is 0 Å². The predicted molar refractivity (Wildman–Crippen MR) is 64.4 cm³/mol. The van der Waals surface area contributed by atoms with Crippen molar-refractivity contribution in [2.75, 3.05) is 13.7 Å². The third kappa shape index (κ3) is 2.63. The van der Waals surface area contributed by atoms with E-state index in [-0.39, 0.29) is 5.75 Å². The van der Waals surface area contributed by atoms with Crippen LogP contribution in [0.3, 0.4) is 0 Å². The first-order chi connectivity index (χ1) is 7.11. The minimum absolute atomic E-state index is 0.190. The van der Waals surface area contributed by atoms with E-state index in [1.807, 2.05) is 6.07 Å². The van der Waals surface area contributed by atoms with Gasteiger partial charge in [0.05, 0.1) is 7.11 Å². The molecular formula is C11H16BrNO2. The molecular weight excluding hydrogens is 258 g/mol. The number of methoxy groups -OCH3 is 1. The van der Waals surface area contributed by atoms with Crippen LogP contribution in [0.2, 0.25) is 0 Å². The Morgan fingerprint density at radius 3 is 2.73 bits per heavy atom. The lowest BCUT2D eigenvalue weighted by molar-refractivity contribution is 0.394. The summed E-state index contributed by atoms with van der Waals surface area (Å²) in [5, 5.41) is 9.52. The Morgan fingerprint density at radius 1 is 1.53 bits per heavy atom. The second kappa shape index (κ2) is 5.37. The lowest BCUT2D eigenvalue weighted by atomic mass is 9.97. The molecule has 0 aliphatic carbocycles. The predicted octanol–water partition coefficient (Wildman–Crippen LogP) is 2.62. The highest BCUT2D eigenvalue weighted by atomic mass is 79.9. The summed E-state index contributed by atoms with van der Waals surface area (Å²) in [7, 11) is 1.60. The van der Waals surface area contributed by atoms with Gasteiger partial charge in [0.15, 0.2) is 0 Å². The van der Waals surface area contributed by atoms with Gasteiger partial charge in [-0.1, -0.05) is 13.0 Å². The number of halogens is 1. The van der Waals surface area contributed by atoms with Crippen LogP contribution in [0.15, 0.2) is 16.6 Å². The maximum Gasteiger partial charge on any atom is 0.140 e. The summed E-state index contributed by atoms with van der Waals surface area (Å²) in [4.78, 5) is 0. The van der Waals surface area contributed by atoms with Gasteiger partial charge in [0, 0.05) is 0 Å². The van der Waals surface area contributed by atoms with Crippen molar-refractivity contribution in [1.29, 1.82) is 0 Å². The van der Waals surface area contributed by atoms with Crippen molar-refractivity contribution in [3.8, 4) is 11.5 Å². The molecule has 1 rings (SSSR count). The first kappa shape index (κ1) is 12.3. The van der Waals surface area contributed by atoms with Gasteiger partial charge < -0.3 is 15.6 Å². The Kier molecular flexibility index (Phi) is 4.42. The fraction of sp³-hybridized carbons (Fsp3) is 0.455. The molecule has 0 aliphatic rings. The number of hydrogen-bond donors (Lipinski definition) is 2. The van der Waals surface area contributed by atoms with Crippen molar-refractivity contribution in [3.63, 3.8) is 0 Å². The molecule has 1 aromatic rings. The lowest BCUT2D eigenvalue weighted by Crippen LogP contribution is -2.06. The molecule has 0 fully saturated rings. The normalized spacial score (nSPS) is 12.5. The Balaban J connectivity index is 3.12. The number of hydrogen-bond acceptors (Lipinski definition) is 3. The molecule has 1 atom stereocenters. The summed E-state index contributed by atoms with van der Waals surface area (Å²) in [6, 6.07) is 3.54. The van der Waals surface area contributed by atoms with E-state index in [1.165, 1.54) is 0 Å². The molecule has 84 valence electrons. The molecule has 0 saturated heterocycles. The van der Waals surface area contributed by atoms with Crippen LogP contribution in [-0.4, -0.2) is 18.8 Å². The van der Waals surface area contributed by atoms with Gasteiger partial charge in [-0.15, -0.1) is 0 Å². The molecule has 0 amide bonds. The van der Waals surface area contributed by atoms with Crippen LogP contribution < -0.4 is 10.5 Å². The Hall–Kier alpha value is -0.740. The molecule has 1 unspecified atom stereocenters. The van der Waals surface area contributed by atoms with E-state index < -0.39 is 0 Å². The molecule has 0 heterocycles. The number of rotatable bonds is 4. The van der Waals surface area contributed by atoms with Crippen molar-refractivity contribution in [2.45, 2.75) is 19.3 Å². The zero-order valence-corrected chi connectivity index (χ0v) is 10.5. The van der Waals surface area contributed by atoms with Crippen LogP contribution in [0, 0.1) is 0 Å². The van der Waals surface area contributed by atoms with Crippen LogP contribution >= 0.6 is 15.9 Å². The first-order valence-electron chi connectivity index (χ1n) is 4.87. The molecule has 1 aromatic carbocycles. The second-order valence-corrected chi connectivity index (χ2v) is 4.29. The molecule has 15 heavy (non-hydrogen) atoms. The summed E-state index contributed by atoms with van der Waals surface area (Å²) < 4.78 is 5.88. The molecule has 4 heteroatoms. The quantitative estimate of drug-likeness (QED) is 0.887. The van der Waals surface area contributed by atoms with Crippen molar-refractivity contribution in [1.82, 2.24) is 0 Å². The van der Waals surface area contributed by atoms with Crippen molar-refractivity contribution < 1.29 is 9.84 Å². The monoisotopic (exact) mass is 273 g/mol. The van der Waals surface area contributed by atoms with Gasteiger partial charge >= 0.3 is 0 Å². The van der Waals surface area contributed by atoms with Gasteiger partial charge in [0.1, 0.15) is 16.0 Å². The summed E-state index contributed by atoms with van der Waals surface area (Å²) in [6.07, 6.45) is 0.896. The van der Waals surface area contributed by atoms with E-state index in [9.17, 15) is 5.11 Å². The minimum Gasteiger partial charge on any atom is -0.507 e. The van der Waals surface area contributed by atoms with E-state index in [0.717, 1.165) is 12.0 Å². The maximum absolute atomic E-state index is 9.52. The molecule has 0 aliphatic heterocycles. The molecule has 0 spiro atoms. The summed E-state index contributed by atoms with van der Waals surface area (Å²) in [6.45, 7) is 2.73. The second-order valence-electron chi connectivity index (χ2n) is 3.50. The number of aromatic hydroxyl groups is 1. The van der Waals surface area contributed by atoms with Gasteiger partial charge in [-0.3, -0.25) is 0 Å². The molecule has 3 N–H and O–H groups in total. The SMILES string of the molecule is COc1c(C(C)CCN)ccc(O)c1Br. The highest BCUT2D eigenvalue weighted by molar-refractivity contribution is 9.10. The van der Waals surface area contributed by atoms with Crippen LogP contribution in [0.4, 0.5) is 0 Å². The van der Waals surface area contributed by atoms with E-state index in [1.54, 1.807) is 13.2 Å². The topological polar surface area (TPSA) is 55.5 Å². The van der Waals surface area contributed by atoms with E-state index >= 15 is 0 Å². The average Bonchev–Trinajstić information content (AvgIpc) is 2.22. The van der Waals surface area contributed by atoms with E-state index in [4.69, 9.17) is 10.5 Å². The Morgan fingerprint density at radius 2 is 2.20 bits per heavy atom. The third-order valence-corrected chi connectivity index (χ3v) is 3.21. The minimum atomic E-state index is 0.190. The van der Waals surface area contributed by atoms with Crippen LogP contribution in [0.5, 0.6) is 11.5 Å². The molecule has 0 bridgehead atoms. The molecule has 3 nitrogen and oxygen atoms in total. The fourth-order valence-corrected chi connectivity index (χ4v) is 2.08. The zero-order chi connectivity index (χ0) is 11.4. The van der Waals surface area contributed by atoms with Crippen molar-refractivity contribution in [2.24, 2.45) is 5.73 Å². The smallest absolute Gasteiger partial charge is 0.140 e.